The van der Waals surface area contributed by atoms with E-state index in [-0.39, 0.29) is 0 Å². The number of nitrogens with zero attached hydrogens (tertiary/aromatic N) is 3. The number of fused-ring (bicyclic) bond motifs is 1. The molecule has 1 aromatic carbocycles. The van der Waals surface area contributed by atoms with Gasteiger partial charge in [0.15, 0.2) is 0 Å². The summed E-state index contributed by atoms with van der Waals surface area (Å²) < 4.78 is 15.2. The van der Waals surface area contributed by atoms with Gasteiger partial charge in [-0.3, -0.25) is 9.78 Å². The summed E-state index contributed by atoms with van der Waals surface area (Å²) in [5.74, 6) is -0.714. The molecule has 0 bridgehead atoms. The largest absolute Gasteiger partial charge is 0.286 e. The Morgan fingerprint density at radius 2 is 1.95 bits per heavy atom. The van der Waals surface area contributed by atoms with Crippen LogP contribution < -0.4 is 0 Å². The molecule has 4 nitrogen and oxygen atoms in total. The number of pyridine rings is 1. The molecule has 1 unspecified atom stereocenters. The highest BCUT2D eigenvalue weighted by atomic mass is 19.1. The fourth-order valence-corrected chi connectivity index (χ4v) is 1.91. The quantitative estimate of drug-likeness (QED) is 0.707. The van der Waals surface area contributed by atoms with Gasteiger partial charge in [0, 0.05) is 6.20 Å². The predicted octanol–water partition coefficient (Wildman–Crippen LogP) is 2.78. The summed E-state index contributed by atoms with van der Waals surface area (Å²) in [5, 5.41) is 3.91. The van der Waals surface area contributed by atoms with Crippen LogP contribution >= 0.6 is 0 Å². The zero-order valence-electron chi connectivity index (χ0n) is 9.90. The molecule has 0 saturated heterocycles. The Kier molecular flexibility index (Phi) is 2.79. The van der Waals surface area contributed by atoms with E-state index < -0.39 is 12.1 Å². The van der Waals surface area contributed by atoms with Crippen LogP contribution in [-0.4, -0.2) is 20.7 Å². The summed E-state index contributed by atoms with van der Waals surface area (Å²) in [6, 6.07) is 11.7. The molecular weight excluding hydrogens is 245 g/mol. The van der Waals surface area contributed by atoms with Crippen molar-refractivity contribution in [1.82, 2.24) is 14.8 Å². The van der Waals surface area contributed by atoms with Crippen LogP contribution in [0.2, 0.25) is 0 Å². The summed E-state index contributed by atoms with van der Waals surface area (Å²) in [6.07, 6.45) is 1.32. The monoisotopic (exact) mass is 255 g/mol. The fraction of sp³-hybridized carbons (Fsp3) is 0.0714. The number of alkyl halides is 1. The first kappa shape index (κ1) is 11.5. The fourth-order valence-electron chi connectivity index (χ4n) is 1.91. The molecular formula is C14H10FN3O. The lowest BCUT2D eigenvalue weighted by atomic mass is 10.1. The van der Waals surface area contributed by atoms with Crippen LogP contribution in [0, 0.1) is 0 Å². The standard InChI is InChI=1S/C14H10FN3O/c15-13(10-5-2-1-3-6-10)14(19)18-12-7-4-8-16-11(12)9-17-18/h1-9,13H. The molecule has 0 aliphatic rings. The van der Waals surface area contributed by atoms with Crippen molar-refractivity contribution in [1.29, 1.82) is 0 Å². The van der Waals surface area contributed by atoms with Crippen LogP contribution in [0.4, 0.5) is 4.39 Å². The summed E-state index contributed by atoms with van der Waals surface area (Å²) in [7, 11) is 0. The maximum Gasteiger partial charge on any atom is 0.286 e. The third-order valence-corrected chi connectivity index (χ3v) is 2.86. The zero-order valence-corrected chi connectivity index (χ0v) is 9.90. The first-order valence-corrected chi connectivity index (χ1v) is 5.79. The Morgan fingerprint density at radius 1 is 1.16 bits per heavy atom. The van der Waals surface area contributed by atoms with Gasteiger partial charge in [0.05, 0.1) is 11.7 Å². The van der Waals surface area contributed by atoms with E-state index in [0.29, 0.717) is 16.6 Å². The predicted molar refractivity (Wildman–Crippen MR) is 68.4 cm³/mol. The van der Waals surface area contributed by atoms with Gasteiger partial charge in [-0.2, -0.15) is 9.78 Å². The summed E-state index contributed by atoms with van der Waals surface area (Å²) in [6.45, 7) is 0. The topological polar surface area (TPSA) is 47.8 Å². The molecule has 0 saturated carbocycles. The Bertz CT molecular complexity index is 724. The smallest absolute Gasteiger partial charge is 0.269 e. The van der Waals surface area contributed by atoms with Crippen molar-refractivity contribution in [2.45, 2.75) is 6.17 Å². The van der Waals surface area contributed by atoms with Gasteiger partial charge < -0.3 is 0 Å². The van der Waals surface area contributed by atoms with E-state index in [1.54, 1.807) is 48.7 Å². The minimum Gasteiger partial charge on any atom is -0.269 e. The van der Waals surface area contributed by atoms with Crippen LogP contribution in [0.1, 0.15) is 16.5 Å². The average Bonchev–Trinajstić information content (AvgIpc) is 2.90. The second-order valence-corrected chi connectivity index (χ2v) is 4.08. The molecule has 3 rings (SSSR count). The number of carbonyl (C=O) groups excluding carboxylic acids is 1. The van der Waals surface area contributed by atoms with Crippen LogP contribution in [0.3, 0.4) is 0 Å². The molecule has 2 aromatic heterocycles. The van der Waals surface area contributed by atoms with Crippen molar-refractivity contribution >= 4 is 16.9 Å². The number of aromatic nitrogens is 3. The Morgan fingerprint density at radius 3 is 2.74 bits per heavy atom. The van der Waals surface area contributed by atoms with Crippen molar-refractivity contribution in [3.05, 3.63) is 60.4 Å². The Labute approximate surface area is 108 Å². The molecule has 3 aromatic rings. The number of hydrogen-bond donors (Lipinski definition) is 0. The average molecular weight is 255 g/mol. The van der Waals surface area contributed by atoms with E-state index in [4.69, 9.17) is 0 Å². The minimum atomic E-state index is -1.73. The SMILES string of the molecule is O=C(C(F)c1ccccc1)n1ncc2ncccc21. The lowest BCUT2D eigenvalue weighted by Gasteiger charge is -2.07. The first-order valence-electron chi connectivity index (χ1n) is 5.79. The lowest BCUT2D eigenvalue weighted by Crippen LogP contribution is -2.18. The van der Waals surface area contributed by atoms with Crippen LogP contribution in [0.15, 0.2) is 54.9 Å². The highest BCUT2D eigenvalue weighted by Crippen LogP contribution is 2.21. The lowest BCUT2D eigenvalue weighted by molar-refractivity contribution is 0.0778. The molecule has 0 fully saturated rings. The third kappa shape index (κ3) is 1.99. The molecule has 0 amide bonds. The molecule has 0 aliphatic heterocycles. The highest BCUT2D eigenvalue weighted by Gasteiger charge is 2.23. The van der Waals surface area contributed by atoms with Crippen molar-refractivity contribution in [2.75, 3.05) is 0 Å². The minimum absolute atomic E-state index is 0.319. The van der Waals surface area contributed by atoms with Crippen molar-refractivity contribution in [2.24, 2.45) is 0 Å². The van der Waals surface area contributed by atoms with E-state index in [9.17, 15) is 9.18 Å². The number of rotatable bonds is 2. The van der Waals surface area contributed by atoms with E-state index in [2.05, 4.69) is 10.1 Å². The number of carbonyl (C=O) groups is 1. The third-order valence-electron chi connectivity index (χ3n) is 2.86. The summed E-state index contributed by atoms with van der Waals surface area (Å²) in [5.41, 5.74) is 1.39. The maximum atomic E-state index is 14.2. The van der Waals surface area contributed by atoms with Gasteiger partial charge in [-0.05, 0) is 17.7 Å². The summed E-state index contributed by atoms with van der Waals surface area (Å²) in [4.78, 5) is 16.2. The second-order valence-electron chi connectivity index (χ2n) is 4.08. The van der Waals surface area contributed by atoms with Gasteiger partial charge in [0.1, 0.15) is 5.52 Å². The maximum absolute atomic E-state index is 14.2. The van der Waals surface area contributed by atoms with E-state index in [1.807, 2.05) is 0 Å². The molecule has 1 atom stereocenters. The van der Waals surface area contributed by atoms with E-state index in [1.165, 1.54) is 6.20 Å². The first-order chi connectivity index (χ1) is 9.27. The molecule has 0 N–H and O–H groups in total. The van der Waals surface area contributed by atoms with Crippen molar-refractivity contribution in [3.63, 3.8) is 0 Å². The zero-order chi connectivity index (χ0) is 13.2. The van der Waals surface area contributed by atoms with Crippen LogP contribution in [0.5, 0.6) is 0 Å². The molecule has 0 aliphatic carbocycles. The molecule has 5 heteroatoms. The molecule has 94 valence electrons. The van der Waals surface area contributed by atoms with Gasteiger partial charge in [-0.1, -0.05) is 30.3 Å². The van der Waals surface area contributed by atoms with E-state index in [0.717, 1.165) is 4.68 Å². The molecule has 0 spiro atoms. The van der Waals surface area contributed by atoms with Crippen LogP contribution in [-0.2, 0) is 0 Å². The van der Waals surface area contributed by atoms with Crippen molar-refractivity contribution in [3.8, 4) is 0 Å². The van der Waals surface area contributed by atoms with Crippen LogP contribution in [0.25, 0.3) is 11.0 Å². The number of benzene rings is 1. The second kappa shape index (κ2) is 4.61. The molecule has 19 heavy (non-hydrogen) atoms. The number of hydrogen-bond acceptors (Lipinski definition) is 3. The normalized spacial score (nSPS) is 12.5. The number of halogens is 1. The van der Waals surface area contributed by atoms with E-state index >= 15 is 0 Å². The van der Waals surface area contributed by atoms with Gasteiger partial charge in [-0.25, -0.2) is 4.39 Å². The van der Waals surface area contributed by atoms with Gasteiger partial charge >= 0.3 is 0 Å². The van der Waals surface area contributed by atoms with Gasteiger partial charge in [0.25, 0.3) is 5.91 Å². The van der Waals surface area contributed by atoms with Crippen molar-refractivity contribution < 1.29 is 9.18 Å². The Balaban J connectivity index is 2.00. The molecule has 2 heterocycles. The summed E-state index contributed by atoms with van der Waals surface area (Å²) >= 11 is 0. The van der Waals surface area contributed by atoms with Gasteiger partial charge in [-0.15, -0.1) is 0 Å². The molecule has 0 radical (unpaired) electrons. The highest BCUT2D eigenvalue weighted by molar-refractivity contribution is 5.92. The van der Waals surface area contributed by atoms with Gasteiger partial charge in [0.2, 0.25) is 6.17 Å². The Hall–Kier alpha value is -2.56.